The molecular weight excluding hydrogens is 253 g/mol. The smallest absolute Gasteiger partial charge is 0.248 e. The van der Waals surface area contributed by atoms with Gasteiger partial charge >= 0.3 is 0 Å². The highest BCUT2D eigenvalue weighted by Crippen LogP contribution is 2.06. The summed E-state index contributed by atoms with van der Waals surface area (Å²) in [7, 11) is 1.71. The maximum atomic E-state index is 13.0. The first-order chi connectivity index (χ1) is 8.67. The Bertz CT molecular complexity index is 554. The number of hydrogen-bond donors (Lipinski definition) is 2. The largest absolute Gasteiger partial charge is 0.365 e. The van der Waals surface area contributed by atoms with Crippen LogP contribution in [-0.2, 0) is 6.54 Å². The number of hydrogen-bond acceptors (Lipinski definition) is 3. The molecule has 0 unspecified atom stereocenters. The lowest BCUT2D eigenvalue weighted by Crippen LogP contribution is -2.24. The molecule has 2 N–H and O–H groups in total. The quantitative estimate of drug-likeness (QED) is 0.821. The van der Waals surface area contributed by atoms with Crippen molar-refractivity contribution in [3.8, 4) is 0 Å². The molecule has 0 atom stereocenters. The predicted octanol–water partition coefficient (Wildman–Crippen LogP) is 1.38. The summed E-state index contributed by atoms with van der Waals surface area (Å²) in [4.78, 5) is 4.04. The Morgan fingerprint density at radius 3 is 3.06 bits per heavy atom. The Labute approximate surface area is 109 Å². The minimum absolute atomic E-state index is 0.262. The molecule has 0 aliphatic carbocycles. The first-order valence-corrected chi connectivity index (χ1v) is 5.71. The summed E-state index contributed by atoms with van der Waals surface area (Å²) in [6.45, 7) is 0.457. The Kier molecular flexibility index (Phi) is 3.83. The summed E-state index contributed by atoms with van der Waals surface area (Å²) in [6, 6.07) is 6.36. The van der Waals surface area contributed by atoms with E-state index in [0.717, 1.165) is 5.56 Å². The van der Waals surface area contributed by atoms with Crippen molar-refractivity contribution < 1.29 is 4.39 Å². The fourth-order valence-electron chi connectivity index (χ4n) is 1.41. The Morgan fingerprint density at radius 1 is 1.50 bits per heavy atom. The van der Waals surface area contributed by atoms with E-state index in [9.17, 15) is 4.39 Å². The van der Waals surface area contributed by atoms with Crippen LogP contribution in [0.3, 0.4) is 0 Å². The number of aromatic nitrogens is 3. The zero-order valence-electron chi connectivity index (χ0n) is 9.72. The number of halogens is 1. The molecule has 0 radical (unpaired) electrons. The van der Waals surface area contributed by atoms with Gasteiger partial charge in [0.25, 0.3) is 0 Å². The van der Waals surface area contributed by atoms with Gasteiger partial charge in [0.2, 0.25) is 5.95 Å². The van der Waals surface area contributed by atoms with Crippen LogP contribution in [0.2, 0.25) is 0 Å². The molecule has 2 aromatic rings. The molecule has 2 rings (SSSR count). The molecule has 0 spiro atoms. The number of nitrogens with one attached hydrogen (secondary N) is 2. The molecule has 0 fully saturated rings. The van der Waals surface area contributed by atoms with E-state index in [1.807, 2.05) is 6.07 Å². The van der Waals surface area contributed by atoms with Crippen LogP contribution < -0.4 is 10.6 Å². The van der Waals surface area contributed by atoms with Crippen molar-refractivity contribution in [1.29, 1.82) is 0 Å². The van der Waals surface area contributed by atoms with Gasteiger partial charge in [0.05, 0.1) is 6.54 Å². The predicted molar refractivity (Wildman–Crippen MR) is 70.8 cm³/mol. The van der Waals surface area contributed by atoms with Crippen LogP contribution in [-0.4, -0.2) is 26.9 Å². The summed E-state index contributed by atoms with van der Waals surface area (Å²) < 4.78 is 14.6. The van der Waals surface area contributed by atoms with Gasteiger partial charge in [-0.25, -0.2) is 14.1 Å². The second kappa shape index (κ2) is 5.54. The molecule has 1 aromatic carbocycles. The SMILES string of the molecule is CNC(=S)Nc1ncn(Cc2cccc(F)c2)n1. The summed E-state index contributed by atoms with van der Waals surface area (Å²) in [6.07, 6.45) is 1.56. The number of rotatable bonds is 3. The lowest BCUT2D eigenvalue weighted by Gasteiger charge is -2.02. The van der Waals surface area contributed by atoms with Crippen LogP contribution in [0.25, 0.3) is 0 Å². The molecule has 0 bridgehead atoms. The molecule has 0 saturated carbocycles. The van der Waals surface area contributed by atoms with Gasteiger partial charge in [0, 0.05) is 7.05 Å². The standard InChI is InChI=1S/C11H12FN5S/c1-13-11(18)15-10-14-7-17(16-10)6-8-3-2-4-9(12)5-8/h2-5,7H,6H2,1H3,(H2,13,15,16,18). The highest BCUT2D eigenvalue weighted by atomic mass is 32.1. The molecule has 1 aromatic heterocycles. The molecule has 1 heterocycles. The van der Waals surface area contributed by atoms with Gasteiger partial charge < -0.3 is 5.32 Å². The van der Waals surface area contributed by atoms with E-state index >= 15 is 0 Å². The second-order valence-electron chi connectivity index (χ2n) is 3.60. The molecule has 18 heavy (non-hydrogen) atoms. The fourth-order valence-corrected chi connectivity index (χ4v) is 1.51. The average molecular weight is 265 g/mol. The van der Waals surface area contributed by atoms with Crippen LogP contribution in [0, 0.1) is 5.82 Å². The third-order valence-electron chi connectivity index (χ3n) is 2.22. The van der Waals surface area contributed by atoms with Gasteiger partial charge in [0.15, 0.2) is 5.11 Å². The Morgan fingerprint density at radius 2 is 2.33 bits per heavy atom. The van der Waals surface area contributed by atoms with Crippen molar-refractivity contribution >= 4 is 23.3 Å². The molecular formula is C11H12FN5S. The van der Waals surface area contributed by atoms with E-state index < -0.39 is 0 Å². The summed E-state index contributed by atoms with van der Waals surface area (Å²) in [5.41, 5.74) is 0.822. The van der Waals surface area contributed by atoms with Crippen molar-refractivity contribution in [2.45, 2.75) is 6.54 Å². The summed E-state index contributed by atoms with van der Waals surface area (Å²) in [5.74, 6) is 0.146. The van der Waals surface area contributed by atoms with Gasteiger partial charge in [-0.05, 0) is 29.9 Å². The molecule has 5 nitrogen and oxygen atoms in total. The van der Waals surface area contributed by atoms with Gasteiger partial charge in [-0.3, -0.25) is 5.32 Å². The summed E-state index contributed by atoms with van der Waals surface area (Å²) >= 11 is 4.93. The van der Waals surface area contributed by atoms with Gasteiger partial charge in [0.1, 0.15) is 12.1 Å². The molecule has 7 heteroatoms. The van der Waals surface area contributed by atoms with Gasteiger partial charge in [-0.2, -0.15) is 0 Å². The number of thiocarbonyl (C=S) groups is 1. The minimum Gasteiger partial charge on any atom is -0.365 e. The molecule has 94 valence electrons. The molecule has 0 aliphatic heterocycles. The van der Waals surface area contributed by atoms with E-state index in [1.165, 1.54) is 12.1 Å². The van der Waals surface area contributed by atoms with Crippen molar-refractivity contribution in [2.24, 2.45) is 0 Å². The van der Waals surface area contributed by atoms with Crippen molar-refractivity contribution in [3.05, 3.63) is 42.0 Å². The topological polar surface area (TPSA) is 54.8 Å². The first-order valence-electron chi connectivity index (χ1n) is 5.30. The number of benzene rings is 1. The lowest BCUT2D eigenvalue weighted by molar-refractivity contribution is 0.619. The number of anilines is 1. The van der Waals surface area contributed by atoms with Crippen molar-refractivity contribution in [1.82, 2.24) is 20.1 Å². The lowest BCUT2D eigenvalue weighted by atomic mass is 10.2. The monoisotopic (exact) mass is 265 g/mol. The zero-order valence-corrected chi connectivity index (χ0v) is 10.5. The minimum atomic E-state index is -0.262. The first kappa shape index (κ1) is 12.4. The van der Waals surface area contributed by atoms with Gasteiger partial charge in [-0.15, -0.1) is 5.10 Å². The summed E-state index contributed by atoms with van der Waals surface area (Å²) in [5, 5.41) is 10.2. The van der Waals surface area contributed by atoms with Crippen LogP contribution in [0.1, 0.15) is 5.56 Å². The third kappa shape index (κ3) is 3.24. The third-order valence-corrected chi connectivity index (χ3v) is 2.53. The van der Waals surface area contributed by atoms with E-state index in [2.05, 4.69) is 20.7 Å². The number of nitrogens with zero attached hydrogens (tertiary/aromatic N) is 3. The van der Waals surface area contributed by atoms with Crippen molar-refractivity contribution in [2.75, 3.05) is 12.4 Å². The molecule has 0 aliphatic rings. The van der Waals surface area contributed by atoms with Gasteiger partial charge in [-0.1, -0.05) is 12.1 Å². The normalized spacial score (nSPS) is 10.1. The fraction of sp³-hybridized carbons (Fsp3) is 0.182. The van der Waals surface area contributed by atoms with Crippen LogP contribution in [0.5, 0.6) is 0 Å². The van der Waals surface area contributed by atoms with Crippen LogP contribution in [0.4, 0.5) is 10.3 Å². The molecule has 0 saturated heterocycles. The Hall–Kier alpha value is -2.02. The van der Waals surface area contributed by atoms with E-state index in [-0.39, 0.29) is 5.82 Å². The van der Waals surface area contributed by atoms with E-state index in [4.69, 9.17) is 12.2 Å². The highest BCUT2D eigenvalue weighted by Gasteiger charge is 2.03. The second-order valence-corrected chi connectivity index (χ2v) is 4.01. The zero-order chi connectivity index (χ0) is 13.0. The Balaban J connectivity index is 2.04. The molecule has 0 amide bonds. The maximum absolute atomic E-state index is 13.0. The van der Waals surface area contributed by atoms with Crippen molar-refractivity contribution in [3.63, 3.8) is 0 Å². The van der Waals surface area contributed by atoms with E-state index in [0.29, 0.717) is 17.6 Å². The maximum Gasteiger partial charge on any atom is 0.248 e. The highest BCUT2D eigenvalue weighted by molar-refractivity contribution is 7.80. The van der Waals surface area contributed by atoms with E-state index in [1.54, 1.807) is 24.1 Å². The average Bonchev–Trinajstić information content (AvgIpc) is 2.76. The van der Waals surface area contributed by atoms with Crippen LogP contribution in [0.15, 0.2) is 30.6 Å². The van der Waals surface area contributed by atoms with Crippen LogP contribution >= 0.6 is 12.2 Å².